The van der Waals surface area contributed by atoms with Gasteiger partial charge in [-0.2, -0.15) is 4.57 Å². The van der Waals surface area contributed by atoms with Gasteiger partial charge in [0.15, 0.2) is 35.2 Å². The van der Waals surface area contributed by atoms with E-state index in [-0.39, 0.29) is 19.4 Å². The van der Waals surface area contributed by atoms with Crippen LogP contribution in [0.5, 0.6) is 28.7 Å². The van der Waals surface area contributed by atoms with E-state index in [9.17, 15) is 4.79 Å². The van der Waals surface area contributed by atoms with Gasteiger partial charge in [-0.15, -0.1) is 0 Å². The summed E-state index contributed by atoms with van der Waals surface area (Å²) in [5.41, 5.74) is 3.38. The van der Waals surface area contributed by atoms with E-state index < -0.39 is 0 Å². The Hall–Kier alpha value is -3.88. The van der Waals surface area contributed by atoms with Crippen molar-refractivity contribution in [2.24, 2.45) is 7.05 Å². The van der Waals surface area contributed by atoms with Crippen LogP contribution in [0.15, 0.2) is 24.3 Å². The predicted molar refractivity (Wildman–Crippen MR) is 110 cm³/mol. The largest absolute Gasteiger partial charge is 0.493 e. The number of hydrogen-bond acceptors (Lipinski definition) is 8. The number of rotatable bonds is 5. The number of cyclic esters (lactones) is 1. The number of aromatic nitrogens is 1. The maximum atomic E-state index is 12.7. The van der Waals surface area contributed by atoms with Gasteiger partial charge in [0.1, 0.15) is 7.05 Å². The zero-order valence-corrected chi connectivity index (χ0v) is 17.5. The van der Waals surface area contributed by atoms with E-state index in [1.807, 2.05) is 23.7 Å². The molecule has 2 aromatic carbocycles. The second kappa shape index (κ2) is 7.12. The lowest BCUT2D eigenvalue weighted by Gasteiger charge is -2.17. The van der Waals surface area contributed by atoms with E-state index in [0.717, 1.165) is 16.6 Å². The molecule has 9 heteroatoms. The number of anilines is 2. The molecule has 0 spiro atoms. The van der Waals surface area contributed by atoms with Crippen LogP contribution in [-0.2, 0) is 18.4 Å². The zero-order valence-electron chi connectivity index (χ0n) is 17.5. The number of benzene rings is 2. The molecule has 5 rings (SSSR count). The number of hydrogen-bond donors (Lipinski definition) is 1. The van der Waals surface area contributed by atoms with Crippen LogP contribution in [0.3, 0.4) is 0 Å². The first-order valence-electron chi connectivity index (χ1n) is 9.58. The number of carbonyl (C=O) groups excluding carboxylic acids is 1. The third-order valence-electron chi connectivity index (χ3n) is 5.54. The lowest BCUT2D eigenvalue weighted by molar-refractivity contribution is -0.653. The fourth-order valence-corrected chi connectivity index (χ4v) is 4.02. The molecular formula is C22H21N2O7+. The predicted octanol–water partition coefficient (Wildman–Crippen LogP) is 2.83. The quantitative estimate of drug-likeness (QED) is 0.493. The minimum Gasteiger partial charge on any atom is -0.493 e. The second-order valence-electron chi connectivity index (χ2n) is 7.09. The Morgan fingerprint density at radius 3 is 2.26 bits per heavy atom. The number of fused-ring (bicyclic) bond motifs is 3. The van der Waals surface area contributed by atoms with Crippen LogP contribution in [-0.4, -0.2) is 34.1 Å². The summed E-state index contributed by atoms with van der Waals surface area (Å²) in [6.45, 7) is 0.353. The molecule has 0 amide bonds. The van der Waals surface area contributed by atoms with Crippen LogP contribution in [0.2, 0.25) is 0 Å². The van der Waals surface area contributed by atoms with Gasteiger partial charge in [0, 0.05) is 23.9 Å². The molecule has 3 aromatic rings. The van der Waals surface area contributed by atoms with Gasteiger partial charge in [0.2, 0.25) is 23.8 Å². The second-order valence-corrected chi connectivity index (χ2v) is 7.09. The molecule has 0 aliphatic carbocycles. The Bertz CT molecular complexity index is 1210. The number of carbonyl (C=O) groups is 1. The maximum Gasteiger partial charge on any atom is 0.347 e. The number of esters is 1. The van der Waals surface area contributed by atoms with Gasteiger partial charge in [0.25, 0.3) is 0 Å². The molecule has 0 bridgehead atoms. The van der Waals surface area contributed by atoms with Gasteiger partial charge in [-0.3, -0.25) is 0 Å². The summed E-state index contributed by atoms with van der Waals surface area (Å²) in [4.78, 5) is 12.7. The molecule has 1 N–H and O–H groups in total. The van der Waals surface area contributed by atoms with Gasteiger partial charge in [-0.25, -0.2) is 4.79 Å². The molecule has 0 saturated heterocycles. The van der Waals surface area contributed by atoms with Gasteiger partial charge in [-0.1, -0.05) is 0 Å². The first-order valence-corrected chi connectivity index (χ1v) is 9.58. The number of nitrogens with zero attached hydrogens (tertiary/aromatic N) is 1. The van der Waals surface area contributed by atoms with Crippen LogP contribution in [0.1, 0.15) is 16.1 Å². The smallest absolute Gasteiger partial charge is 0.347 e. The third-order valence-corrected chi connectivity index (χ3v) is 5.54. The van der Waals surface area contributed by atoms with E-state index in [1.54, 1.807) is 33.5 Å². The summed E-state index contributed by atoms with van der Waals surface area (Å²) in [6.07, 6.45) is 0. The van der Waals surface area contributed by atoms with Gasteiger partial charge < -0.3 is 33.7 Å². The minimum absolute atomic E-state index is 0.159. The highest BCUT2D eigenvalue weighted by molar-refractivity contribution is 6.07. The Balaban J connectivity index is 1.75. The fourth-order valence-electron chi connectivity index (χ4n) is 4.02. The fraction of sp³-hybridized carbons (Fsp3) is 0.273. The highest BCUT2D eigenvalue weighted by atomic mass is 16.7. The van der Waals surface area contributed by atoms with Crippen LogP contribution in [0, 0.1) is 0 Å². The number of ether oxygens (including phenoxy) is 6. The molecule has 160 valence electrons. The molecule has 0 saturated carbocycles. The molecule has 1 aromatic heterocycles. The van der Waals surface area contributed by atoms with Crippen molar-refractivity contribution in [1.82, 2.24) is 0 Å². The van der Waals surface area contributed by atoms with Crippen LogP contribution in [0.25, 0.3) is 10.9 Å². The van der Waals surface area contributed by atoms with E-state index in [2.05, 4.69) is 5.32 Å². The SMILES string of the molecule is COc1cc(Nc2c3c([n+](C)c4cc5c(cc24)OCO5)COC3=O)cc(OC)c1OC. The summed E-state index contributed by atoms with van der Waals surface area (Å²) >= 11 is 0. The Labute approximate surface area is 178 Å². The lowest BCUT2D eigenvalue weighted by atomic mass is 10.0. The zero-order chi connectivity index (χ0) is 21.7. The van der Waals surface area contributed by atoms with Crippen LogP contribution in [0.4, 0.5) is 11.4 Å². The molecule has 3 heterocycles. The Morgan fingerprint density at radius 1 is 0.935 bits per heavy atom. The summed E-state index contributed by atoms with van der Waals surface area (Å²) in [6, 6.07) is 7.32. The van der Waals surface area contributed by atoms with Crippen LogP contribution >= 0.6 is 0 Å². The first-order chi connectivity index (χ1) is 15.0. The molecule has 0 atom stereocenters. The van der Waals surface area contributed by atoms with Crippen molar-refractivity contribution in [1.29, 1.82) is 0 Å². The van der Waals surface area contributed by atoms with Crippen molar-refractivity contribution in [2.75, 3.05) is 33.4 Å². The Morgan fingerprint density at radius 2 is 1.61 bits per heavy atom. The van der Waals surface area contributed by atoms with E-state index in [4.69, 9.17) is 28.4 Å². The molecular weight excluding hydrogens is 404 g/mol. The molecule has 0 fully saturated rings. The average Bonchev–Trinajstić information content (AvgIpc) is 3.41. The van der Waals surface area contributed by atoms with Crippen molar-refractivity contribution in [3.8, 4) is 28.7 Å². The summed E-state index contributed by atoms with van der Waals surface area (Å²) in [5, 5.41) is 4.16. The third kappa shape index (κ3) is 2.84. The van der Waals surface area contributed by atoms with Crippen LogP contribution < -0.4 is 33.6 Å². The Kier molecular flexibility index (Phi) is 4.39. The minimum atomic E-state index is -0.389. The number of aryl methyl sites for hydroxylation is 1. The molecule has 0 radical (unpaired) electrons. The molecule has 9 nitrogen and oxygen atoms in total. The highest BCUT2D eigenvalue weighted by Gasteiger charge is 2.37. The maximum absolute atomic E-state index is 12.7. The van der Waals surface area contributed by atoms with Gasteiger partial charge in [0.05, 0.1) is 38.5 Å². The van der Waals surface area contributed by atoms with Crippen molar-refractivity contribution in [3.63, 3.8) is 0 Å². The molecule has 2 aliphatic heterocycles. The van der Waals surface area contributed by atoms with E-state index in [1.165, 1.54) is 0 Å². The van der Waals surface area contributed by atoms with E-state index in [0.29, 0.717) is 45.7 Å². The summed E-state index contributed by atoms with van der Waals surface area (Å²) in [7, 11) is 6.54. The monoisotopic (exact) mass is 425 g/mol. The van der Waals surface area contributed by atoms with Crippen molar-refractivity contribution < 1.29 is 37.8 Å². The lowest BCUT2D eigenvalue weighted by Crippen LogP contribution is -2.35. The molecule has 31 heavy (non-hydrogen) atoms. The van der Waals surface area contributed by atoms with Gasteiger partial charge in [-0.05, 0) is 0 Å². The highest BCUT2D eigenvalue weighted by Crippen LogP contribution is 2.44. The standard InChI is InChI=1S/C22H20N2O7/c1-24-13-8-16-15(30-10-31-16)7-12(13)20(19-14(24)9-29-22(19)25)23-11-5-17(26-2)21(28-4)18(6-11)27-3/h5-8H,9-10H2,1-4H3/p+1. The number of methoxy groups -OCH3 is 3. The van der Waals surface area contributed by atoms with Crippen molar-refractivity contribution in [3.05, 3.63) is 35.5 Å². The molecule has 2 aliphatic rings. The normalized spacial score (nSPS) is 13.7. The van der Waals surface area contributed by atoms with Crippen molar-refractivity contribution >= 4 is 28.2 Å². The number of pyridine rings is 1. The van der Waals surface area contributed by atoms with Gasteiger partial charge >= 0.3 is 5.97 Å². The van der Waals surface area contributed by atoms with Crippen molar-refractivity contribution in [2.45, 2.75) is 6.61 Å². The summed E-state index contributed by atoms with van der Waals surface area (Å²) < 4.78 is 34.7. The average molecular weight is 425 g/mol. The topological polar surface area (TPSA) is 88.4 Å². The molecule has 0 unspecified atom stereocenters. The number of nitrogens with one attached hydrogen (secondary N) is 1. The van der Waals surface area contributed by atoms with E-state index >= 15 is 0 Å². The summed E-state index contributed by atoms with van der Waals surface area (Å²) in [5.74, 6) is 2.35. The first kappa shape index (κ1) is 19.1.